The molecule has 0 N–H and O–H groups in total. The molecule has 1 aliphatic rings. The minimum absolute atomic E-state index is 0. The molecule has 1 heterocycles. The van der Waals surface area contributed by atoms with E-state index in [1.54, 1.807) is 7.05 Å². The number of nitrogens with zero attached hydrogens (tertiary/aromatic N) is 2. The van der Waals surface area contributed by atoms with Gasteiger partial charge in [0.15, 0.2) is 0 Å². The molecule has 0 radical (unpaired) electrons. The third-order valence-electron chi connectivity index (χ3n) is 1.50. The third-order valence-corrected chi connectivity index (χ3v) is 1.50. The van der Waals surface area contributed by atoms with E-state index in [1.807, 2.05) is 11.9 Å². The minimum Gasteiger partial charge on any atom is -0.632 e. The Bertz CT molecular complexity index is 106. The van der Waals surface area contributed by atoms with E-state index in [-0.39, 0.29) is 32.9 Å². The Morgan fingerprint density at radius 2 is 1.36 bits per heavy atom. The first-order chi connectivity index (χ1) is 3.60. The van der Waals surface area contributed by atoms with E-state index in [4.69, 9.17) is 0 Å². The van der Waals surface area contributed by atoms with Crippen LogP contribution in [0.2, 0.25) is 0 Å². The molecule has 1 unspecified atom stereocenters. The van der Waals surface area contributed by atoms with Gasteiger partial charge in [-0.3, -0.25) is 33.1 Å². The number of hydrogen-bond acceptors (Lipinski definition) is 2. The number of hydroxylamine groups is 3. The fourth-order valence-electron chi connectivity index (χ4n) is 1.03. The molecule has 0 aromatic rings. The van der Waals surface area contributed by atoms with Gasteiger partial charge in [0.2, 0.25) is 0 Å². The molecule has 0 saturated carbocycles. The summed E-state index contributed by atoms with van der Waals surface area (Å²) in [6, 6.07) is 0. The van der Waals surface area contributed by atoms with Crippen molar-refractivity contribution < 1.29 is 32.9 Å². The Balaban J connectivity index is -0.0000000267. The maximum atomic E-state index is 11.0. The number of likely N-dealkylation sites (N-methyl/N-ethyl adjacent to an activating group) is 2. The van der Waals surface area contributed by atoms with Gasteiger partial charge in [0.05, 0.1) is 20.1 Å². The third kappa shape index (κ3) is 11.5. The maximum Gasteiger partial charge on any atom is 0.134 e. The summed E-state index contributed by atoms with van der Waals surface area (Å²) in [5, 5.41) is 11.0. The molecule has 0 spiro atoms. The molecule has 0 amide bonds. The zero-order valence-electron chi connectivity index (χ0n) is 7.87. The Labute approximate surface area is 78.0 Å². The normalized spacial score (nSPS) is 23.4. The van der Waals surface area contributed by atoms with Gasteiger partial charge in [-0.2, -0.15) is 0 Å². The van der Waals surface area contributed by atoms with Crippen LogP contribution in [0.4, 0.5) is 28.2 Å². The molecule has 9 heteroatoms. The Kier molecular flexibility index (Phi) is 33.4. The second-order valence-electron chi connectivity index (χ2n) is 2.74. The van der Waals surface area contributed by atoms with Crippen LogP contribution >= 0.6 is 0 Å². The first kappa shape index (κ1) is 37.5. The monoisotopic (exact) mass is 236 g/mol. The molecular formula is C5H18F6N2O. The molecule has 96 valence electrons. The van der Waals surface area contributed by atoms with Crippen molar-refractivity contribution in [1.29, 1.82) is 0 Å². The van der Waals surface area contributed by atoms with Crippen molar-refractivity contribution in [3.8, 4) is 0 Å². The Morgan fingerprint density at radius 1 is 1.00 bits per heavy atom. The van der Waals surface area contributed by atoms with Crippen molar-refractivity contribution in [3.63, 3.8) is 0 Å². The lowest BCUT2D eigenvalue weighted by atomic mass is 10.6. The van der Waals surface area contributed by atoms with Gasteiger partial charge >= 0.3 is 0 Å². The fourth-order valence-corrected chi connectivity index (χ4v) is 1.03. The second kappa shape index (κ2) is 12.5. The zero-order chi connectivity index (χ0) is 6.20. The first-order valence-electron chi connectivity index (χ1n) is 2.84. The molecule has 0 bridgehead atoms. The summed E-state index contributed by atoms with van der Waals surface area (Å²) < 4.78 is -0.0868. The van der Waals surface area contributed by atoms with E-state index in [0.29, 0.717) is 6.67 Å². The van der Waals surface area contributed by atoms with Gasteiger partial charge in [-0.15, -0.1) is 0 Å². The summed E-state index contributed by atoms with van der Waals surface area (Å²) >= 11 is 0. The van der Waals surface area contributed by atoms with E-state index in [0.717, 1.165) is 13.1 Å². The van der Waals surface area contributed by atoms with Crippen LogP contribution < -0.4 is 0 Å². The summed E-state index contributed by atoms with van der Waals surface area (Å²) in [5.41, 5.74) is 0. The van der Waals surface area contributed by atoms with Crippen molar-refractivity contribution in [2.75, 3.05) is 33.9 Å². The van der Waals surface area contributed by atoms with Crippen LogP contribution in [0.15, 0.2) is 0 Å². The van der Waals surface area contributed by atoms with Gasteiger partial charge in [-0.05, 0) is 7.05 Å². The predicted octanol–water partition coefficient (Wildman–Crippen LogP) is 0.749. The molecule has 0 aliphatic carbocycles. The maximum absolute atomic E-state index is 11.0. The molecule has 1 aliphatic heterocycles. The van der Waals surface area contributed by atoms with E-state index < -0.39 is 0 Å². The average molecular weight is 236 g/mol. The topological polar surface area (TPSA) is 26.3 Å². The van der Waals surface area contributed by atoms with Gasteiger partial charge in [-0.1, -0.05) is 0 Å². The fraction of sp³-hybridized carbons (Fsp3) is 1.00. The quantitative estimate of drug-likeness (QED) is 0.352. The SMILES string of the molecule is CN1CC[N+](C)([O-])C1.F.F.F.F.F.F. The summed E-state index contributed by atoms with van der Waals surface area (Å²) in [6.45, 7) is 2.34. The highest BCUT2D eigenvalue weighted by Crippen LogP contribution is 2.07. The first-order valence-corrected chi connectivity index (χ1v) is 2.84. The number of halogens is 6. The van der Waals surface area contributed by atoms with Gasteiger partial charge < -0.3 is 9.85 Å². The lowest BCUT2D eigenvalue weighted by Gasteiger charge is -2.32. The van der Waals surface area contributed by atoms with Crippen LogP contribution in [0.1, 0.15) is 0 Å². The highest BCUT2D eigenvalue weighted by Gasteiger charge is 2.21. The molecule has 3 nitrogen and oxygen atoms in total. The molecule has 1 rings (SSSR count). The zero-order valence-corrected chi connectivity index (χ0v) is 7.87. The van der Waals surface area contributed by atoms with E-state index in [9.17, 15) is 5.21 Å². The molecule has 0 aromatic heterocycles. The Morgan fingerprint density at radius 3 is 1.43 bits per heavy atom. The van der Waals surface area contributed by atoms with Crippen LogP contribution in [0, 0.1) is 5.21 Å². The number of hydrogen-bond donors (Lipinski definition) is 0. The van der Waals surface area contributed by atoms with Crippen LogP contribution in [0.3, 0.4) is 0 Å². The second-order valence-corrected chi connectivity index (χ2v) is 2.74. The smallest absolute Gasteiger partial charge is 0.134 e. The van der Waals surface area contributed by atoms with Crippen molar-refractivity contribution >= 4 is 0 Å². The van der Waals surface area contributed by atoms with Crippen LogP contribution in [0.5, 0.6) is 0 Å². The van der Waals surface area contributed by atoms with Crippen LogP contribution in [-0.4, -0.2) is 43.4 Å². The standard InChI is InChI=1S/C5H12N2O.6FH/c1-6-3-4-7(2,8)5-6;;;;;;/h3-5H2,1-2H3;6*1H. The van der Waals surface area contributed by atoms with Gasteiger partial charge in [0, 0.05) is 0 Å². The molecule has 1 atom stereocenters. The molecular weight excluding hydrogens is 218 g/mol. The van der Waals surface area contributed by atoms with Gasteiger partial charge in [-0.25, -0.2) is 0 Å². The van der Waals surface area contributed by atoms with E-state index in [1.165, 1.54) is 0 Å². The summed E-state index contributed by atoms with van der Waals surface area (Å²) in [5.74, 6) is 0. The van der Waals surface area contributed by atoms with E-state index in [2.05, 4.69) is 0 Å². The summed E-state index contributed by atoms with van der Waals surface area (Å²) in [7, 11) is 3.69. The van der Waals surface area contributed by atoms with Gasteiger partial charge in [0.25, 0.3) is 0 Å². The average Bonchev–Trinajstić information content (AvgIpc) is 1.82. The van der Waals surface area contributed by atoms with Crippen LogP contribution in [-0.2, 0) is 0 Å². The molecule has 14 heavy (non-hydrogen) atoms. The minimum atomic E-state index is -0.0868. The lowest BCUT2D eigenvalue weighted by molar-refractivity contribution is -0.852. The van der Waals surface area contributed by atoms with Crippen molar-refractivity contribution in [2.24, 2.45) is 0 Å². The number of quaternary nitrogens is 1. The largest absolute Gasteiger partial charge is 0.632 e. The van der Waals surface area contributed by atoms with Crippen molar-refractivity contribution in [3.05, 3.63) is 5.21 Å². The highest BCUT2D eigenvalue weighted by molar-refractivity contribution is 4.53. The highest BCUT2D eigenvalue weighted by atomic mass is 19.0. The predicted molar refractivity (Wildman–Crippen MR) is 46.9 cm³/mol. The van der Waals surface area contributed by atoms with Crippen molar-refractivity contribution in [1.82, 2.24) is 4.90 Å². The Hall–Kier alpha value is -0.540. The summed E-state index contributed by atoms with van der Waals surface area (Å²) in [4.78, 5) is 2.05. The van der Waals surface area contributed by atoms with Gasteiger partial charge in [0.1, 0.15) is 6.67 Å². The van der Waals surface area contributed by atoms with Crippen molar-refractivity contribution in [2.45, 2.75) is 0 Å². The lowest BCUT2D eigenvalue weighted by Crippen LogP contribution is -2.35. The summed E-state index contributed by atoms with van der Waals surface area (Å²) in [6.07, 6.45) is 0. The van der Waals surface area contributed by atoms with E-state index >= 15 is 0 Å². The van der Waals surface area contributed by atoms with Crippen LogP contribution in [0.25, 0.3) is 0 Å². The molecule has 1 fully saturated rings. The number of rotatable bonds is 0. The molecule has 1 saturated heterocycles. The molecule has 0 aromatic carbocycles.